The van der Waals surface area contributed by atoms with E-state index in [2.05, 4.69) is 68.5 Å². The summed E-state index contributed by atoms with van der Waals surface area (Å²) in [7, 11) is 0. The molecule has 11 amide bonds. The van der Waals surface area contributed by atoms with Crippen molar-refractivity contribution in [1.82, 2.24) is 73.4 Å². The number of aliphatic hydroxyl groups is 1. The van der Waals surface area contributed by atoms with Gasteiger partial charge in [0.05, 0.1) is 6.61 Å². The topological polar surface area (TPSA) is 521 Å². The summed E-state index contributed by atoms with van der Waals surface area (Å²) in [5, 5.41) is 67.9. The molecule has 7 rings (SSSR count). The number of aliphatic hydroxyl groups excluding tert-OH is 1. The molecule has 1 fully saturated rings. The number of aromatic hydroxyl groups is 1. The standard InChI is InChI=1S/C71H94ClN19O13/c1-38(2)30-53(62(97)85-52(17-10-28-79-71(76)77)69(104)91-29-11-18-59(91)68(103)82-39(3)60(73)95)86-61(96)51(16-9-27-78-70(74)75)84-63(98)54(32-42-21-25-46(94)26-22-42)88-67(102)58(37-92)90-66(101)57(34-44-36-81-50-15-8-6-13-48(44)50)89-64(99)55(31-41-19-23-45(72)24-20-41)87-65(100)56(83-40(4)93)33-43-35-80-49-14-7-5-12-47(43)49/h5-8,12-15,19-26,35-36,38-39,51-59,80-81,92,94H,9-11,16-18,27-34,37H2,1-4H3,(H2,73,95)(H,82,103)(H,83,93)(H,84,98)(H,85,97)(H,86,96)(H,87,100)(H,88,102)(H,89,99)(H,90,101)(H4,74,75,78)(H4,76,77,79)/t39-,51-,52+,53+,54+,55-,56+,57-,58+,59+/m1/s1. The maximum atomic E-state index is 15.0. The highest BCUT2D eigenvalue weighted by Crippen LogP contribution is 2.24. The number of nitrogens with two attached hydrogens (primary N) is 3. The Morgan fingerprint density at radius 2 is 0.952 bits per heavy atom. The van der Waals surface area contributed by atoms with Crippen molar-refractivity contribution >= 4 is 110 Å². The molecule has 1 aliphatic heterocycles. The minimum Gasteiger partial charge on any atom is -0.508 e. The Kier molecular flexibility index (Phi) is 29.8. The number of nitrogens with one attached hydrogen (secondary N) is 15. The first-order chi connectivity index (χ1) is 49.6. The highest BCUT2D eigenvalue weighted by atomic mass is 35.5. The van der Waals surface area contributed by atoms with E-state index in [-0.39, 0.29) is 101 Å². The molecule has 0 spiro atoms. The van der Waals surface area contributed by atoms with E-state index in [1.165, 1.54) is 43.0 Å². The average molecular weight is 1460 g/mol. The number of hydrogen-bond donors (Lipinski definition) is 20. The number of benzene rings is 4. The molecule has 10 atom stereocenters. The lowest BCUT2D eigenvalue weighted by Gasteiger charge is -2.31. The fourth-order valence-corrected chi connectivity index (χ4v) is 12.2. The number of phenols is 1. The van der Waals surface area contributed by atoms with E-state index >= 15 is 0 Å². The molecule has 6 aromatic rings. The molecular formula is C71H94ClN19O13. The largest absolute Gasteiger partial charge is 0.508 e. The van der Waals surface area contributed by atoms with Crippen LogP contribution >= 0.6 is 11.6 Å². The van der Waals surface area contributed by atoms with Gasteiger partial charge >= 0.3 is 0 Å². The number of nitrogens with zero attached hydrogens (tertiary/aromatic N) is 1. The Bertz CT molecular complexity index is 4040. The first-order valence-electron chi connectivity index (χ1n) is 34.3. The third kappa shape index (κ3) is 23.9. The zero-order chi connectivity index (χ0) is 75.7. The van der Waals surface area contributed by atoms with Crippen LogP contribution in [0.5, 0.6) is 5.75 Å². The molecule has 1 saturated heterocycles. The quantitative estimate of drug-likeness (QED) is 0.0135. The summed E-state index contributed by atoms with van der Waals surface area (Å²) in [6, 6.07) is 12.7. The van der Waals surface area contributed by atoms with Gasteiger partial charge in [-0.1, -0.05) is 86.1 Å². The Hall–Kier alpha value is -11.3. The van der Waals surface area contributed by atoms with Crippen LogP contribution in [-0.4, -0.2) is 189 Å². The molecule has 32 nitrogen and oxygen atoms in total. The van der Waals surface area contributed by atoms with Crippen LogP contribution in [0.4, 0.5) is 0 Å². The van der Waals surface area contributed by atoms with Crippen molar-refractivity contribution in [3.8, 4) is 5.75 Å². The number of carbonyl (C=O) groups is 11. The monoisotopic (exact) mass is 1460 g/mol. The second-order valence-corrected chi connectivity index (χ2v) is 26.5. The second-order valence-electron chi connectivity index (χ2n) is 26.1. The van der Waals surface area contributed by atoms with Gasteiger partial charge in [-0.15, -0.1) is 0 Å². The smallest absolute Gasteiger partial charge is 0.245 e. The Labute approximate surface area is 605 Å². The van der Waals surface area contributed by atoms with E-state index in [1.807, 2.05) is 24.3 Å². The molecule has 0 bridgehead atoms. The third-order valence-corrected chi connectivity index (χ3v) is 17.8. The molecule has 558 valence electrons. The number of phenolic OH excluding ortho intramolecular Hbond substituents is 1. The van der Waals surface area contributed by atoms with Crippen molar-refractivity contribution in [2.45, 2.75) is 159 Å². The number of para-hydroxylation sites is 2. The number of rotatable bonds is 38. The SMILES string of the molecule is CC(=O)N[C@@H](Cc1c[nH]c2ccccc12)C(=O)N[C@H](Cc1ccc(Cl)cc1)C(=O)N[C@H](Cc1c[nH]c2ccccc12)C(=O)N[C@@H](CO)C(=O)N[C@@H](Cc1ccc(O)cc1)C(=O)N[C@H](CCCNC(=N)N)C(=O)N[C@@H](CC(C)C)C(=O)N[C@@H](CCCNC(=N)N)C(=O)N1CCC[C@H]1C(=O)N[C@H](C)C(N)=O. The van der Waals surface area contributed by atoms with Gasteiger partial charge in [-0.3, -0.25) is 63.6 Å². The van der Waals surface area contributed by atoms with E-state index in [4.69, 9.17) is 39.6 Å². The predicted octanol–water partition coefficient (Wildman–Crippen LogP) is -0.277. The van der Waals surface area contributed by atoms with Crippen LogP contribution < -0.4 is 75.7 Å². The highest BCUT2D eigenvalue weighted by Gasteiger charge is 2.40. The van der Waals surface area contributed by atoms with Crippen LogP contribution in [0.2, 0.25) is 5.02 Å². The predicted molar refractivity (Wildman–Crippen MR) is 388 cm³/mol. The maximum absolute atomic E-state index is 15.0. The number of likely N-dealkylation sites (tertiary alicyclic amines) is 1. The van der Waals surface area contributed by atoms with Gasteiger partial charge in [-0.25, -0.2) is 0 Å². The number of aromatic nitrogens is 2. The Morgan fingerprint density at radius 3 is 1.43 bits per heavy atom. The summed E-state index contributed by atoms with van der Waals surface area (Å²) in [5.41, 5.74) is 20.1. The van der Waals surface area contributed by atoms with Gasteiger partial charge < -0.3 is 101 Å². The number of guanidine groups is 2. The van der Waals surface area contributed by atoms with Crippen molar-refractivity contribution in [3.05, 3.63) is 137 Å². The normalized spacial score (nSPS) is 15.3. The van der Waals surface area contributed by atoms with Gasteiger partial charge in [0.2, 0.25) is 65.0 Å². The van der Waals surface area contributed by atoms with Crippen LogP contribution in [0.1, 0.15) is 94.9 Å². The van der Waals surface area contributed by atoms with Gasteiger partial charge in [-0.2, -0.15) is 0 Å². The molecule has 0 aliphatic carbocycles. The van der Waals surface area contributed by atoms with Gasteiger partial charge in [-0.05, 0) is 116 Å². The zero-order valence-corrected chi connectivity index (χ0v) is 59.0. The van der Waals surface area contributed by atoms with Crippen LogP contribution in [0, 0.1) is 16.7 Å². The van der Waals surface area contributed by atoms with Crippen molar-refractivity contribution in [1.29, 1.82) is 10.8 Å². The van der Waals surface area contributed by atoms with E-state index < -0.39 is 138 Å². The van der Waals surface area contributed by atoms with Gasteiger partial charge in [0.1, 0.15) is 66.2 Å². The minimum atomic E-state index is -1.85. The fraction of sp³-hybridized carbons (Fsp3) is 0.423. The van der Waals surface area contributed by atoms with E-state index in [0.717, 1.165) is 10.9 Å². The Morgan fingerprint density at radius 1 is 0.538 bits per heavy atom. The average Bonchev–Trinajstić information content (AvgIpc) is 1.60. The molecule has 0 radical (unpaired) electrons. The van der Waals surface area contributed by atoms with Crippen LogP contribution in [-0.2, 0) is 78.4 Å². The molecular weight excluding hydrogens is 1360 g/mol. The molecule has 0 unspecified atom stereocenters. The van der Waals surface area contributed by atoms with Gasteiger partial charge in [0.25, 0.3) is 0 Å². The number of H-pyrrole nitrogens is 2. The van der Waals surface area contributed by atoms with Gasteiger partial charge in [0, 0.05) is 91.5 Å². The summed E-state index contributed by atoms with van der Waals surface area (Å²) in [6.07, 6.45) is 3.37. The van der Waals surface area contributed by atoms with E-state index in [9.17, 15) is 63.0 Å². The first kappa shape index (κ1) is 80.0. The second kappa shape index (κ2) is 38.7. The number of aromatic amines is 2. The number of hydrogen-bond acceptors (Lipinski definition) is 15. The van der Waals surface area contributed by atoms with Crippen molar-refractivity contribution in [2.24, 2.45) is 23.1 Å². The van der Waals surface area contributed by atoms with Crippen LogP contribution in [0.3, 0.4) is 0 Å². The van der Waals surface area contributed by atoms with Crippen molar-refractivity contribution < 1.29 is 63.0 Å². The van der Waals surface area contributed by atoms with Crippen molar-refractivity contribution in [2.75, 3.05) is 26.2 Å². The molecule has 3 heterocycles. The number of fused-ring (bicyclic) bond motifs is 2. The molecule has 1 aliphatic rings. The molecule has 2 aromatic heterocycles. The number of amides is 11. The maximum Gasteiger partial charge on any atom is 0.245 e. The molecule has 23 N–H and O–H groups in total. The molecule has 104 heavy (non-hydrogen) atoms. The summed E-state index contributed by atoms with van der Waals surface area (Å²) in [5.74, 6) is -10.2. The van der Waals surface area contributed by atoms with Crippen LogP contribution in [0.15, 0.2) is 109 Å². The summed E-state index contributed by atoms with van der Waals surface area (Å²) < 4.78 is 0. The molecule has 33 heteroatoms. The van der Waals surface area contributed by atoms with E-state index in [0.29, 0.717) is 44.6 Å². The van der Waals surface area contributed by atoms with Gasteiger partial charge in [0.15, 0.2) is 11.9 Å². The van der Waals surface area contributed by atoms with Crippen molar-refractivity contribution in [3.63, 3.8) is 0 Å². The number of carbonyl (C=O) groups excluding carboxylic acids is 11. The number of halogens is 1. The summed E-state index contributed by atoms with van der Waals surface area (Å²) >= 11 is 6.26. The highest BCUT2D eigenvalue weighted by molar-refractivity contribution is 6.30. The molecule has 0 saturated carbocycles. The third-order valence-electron chi connectivity index (χ3n) is 17.5. The van der Waals surface area contributed by atoms with E-state index in [1.54, 1.807) is 74.8 Å². The minimum absolute atomic E-state index is 0.00911. The summed E-state index contributed by atoms with van der Waals surface area (Å²) in [4.78, 5) is 164. The summed E-state index contributed by atoms with van der Waals surface area (Å²) in [6.45, 7) is 5.39. The van der Waals surface area contributed by atoms with Crippen LogP contribution in [0.25, 0.3) is 21.8 Å². The fourth-order valence-electron chi connectivity index (χ4n) is 12.1. The number of primary amides is 1. The zero-order valence-electron chi connectivity index (χ0n) is 58.3. The lowest BCUT2D eigenvalue weighted by molar-refractivity contribution is -0.142. The first-order valence-corrected chi connectivity index (χ1v) is 34.6. The Balaban J connectivity index is 1.15. The lowest BCUT2D eigenvalue weighted by Crippen LogP contribution is -2.61. The molecule has 4 aromatic carbocycles. The lowest BCUT2D eigenvalue weighted by atomic mass is 10.00.